The van der Waals surface area contributed by atoms with E-state index in [-0.39, 0.29) is 30.4 Å². The van der Waals surface area contributed by atoms with Gasteiger partial charge in [0.05, 0.1) is 12.6 Å². The predicted octanol–water partition coefficient (Wildman–Crippen LogP) is 3.58. The Morgan fingerprint density at radius 2 is 1.58 bits per heavy atom. The van der Waals surface area contributed by atoms with E-state index in [0.717, 1.165) is 25.0 Å². The molecule has 3 aromatic carbocycles. The normalized spacial score (nSPS) is 14.6. The summed E-state index contributed by atoms with van der Waals surface area (Å²) in [7, 11) is 0. The monoisotopic (exact) mass is 486 g/mol. The smallest absolute Gasteiger partial charge is 0.251 e. The Kier molecular flexibility index (Phi) is 8.67. The highest BCUT2D eigenvalue weighted by Crippen LogP contribution is 2.14. The summed E-state index contributed by atoms with van der Waals surface area (Å²) >= 11 is 0. The molecule has 0 radical (unpaired) electrons. The van der Waals surface area contributed by atoms with Gasteiger partial charge in [0.25, 0.3) is 11.8 Å². The van der Waals surface area contributed by atoms with Crippen LogP contribution >= 0.6 is 0 Å². The van der Waals surface area contributed by atoms with E-state index >= 15 is 0 Å². The molecule has 1 unspecified atom stereocenters. The molecule has 186 valence electrons. The molecule has 8 nitrogen and oxygen atoms in total. The average Bonchev–Trinajstić information content (AvgIpc) is 3.44. The summed E-state index contributed by atoms with van der Waals surface area (Å²) in [6, 6.07) is 23.4. The molecule has 0 saturated carbocycles. The van der Waals surface area contributed by atoms with Crippen molar-refractivity contribution < 1.29 is 19.1 Å². The van der Waals surface area contributed by atoms with Gasteiger partial charge in [0.2, 0.25) is 5.91 Å². The maximum atomic E-state index is 12.4. The molecule has 1 saturated heterocycles. The molecule has 36 heavy (non-hydrogen) atoms. The van der Waals surface area contributed by atoms with Crippen LogP contribution in [-0.2, 0) is 16.1 Å². The van der Waals surface area contributed by atoms with Crippen LogP contribution in [0, 0.1) is 0 Å². The highest BCUT2D eigenvalue weighted by atomic mass is 16.5. The van der Waals surface area contributed by atoms with E-state index in [9.17, 15) is 14.4 Å². The fourth-order valence-electron chi connectivity index (χ4n) is 3.86. The number of anilines is 2. The third-order valence-electron chi connectivity index (χ3n) is 5.82. The summed E-state index contributed by atoms with van der Waals surface area (Å²) in [5.41, 5.74) is 3.30. The lowest BCUT2D eigenvalue weighted by Crippen LogP contribution is -2.31. The molecule has 3 amide bonds. The third-order valence-corrected chi connectivity index (χ3v) is 5.82. The number of ether oxygens (including phenoxy) is 1. The van der Waals surface area contributed by atoms with Crippen LogP contribution in [0.25, 0.3) is 0 Å². The van der Waals surface area contributed by atoms with Crippen molar-refractivity contribution in [3.8, 4) is 0 Å². The third kappa shape index (κ3) is 7.41. The number of carbonyl (C=O) groups is 3. The van der Waals surface area contributed by atoms with Gasteiger partial charge in [-0.05, 0) is 60.9 Å². The second kappa shape index (κ2) is 12.5. The average molecular weight is 487 g/mol. The first-order chi connectivity index (χ1) is 17.6. The van der Waals surface area contributed by atoms with Crippen molar-refractivity contribution in [1.29, 1.82) is 0 Å². The minimum absolute atomic E-state index is 0.0281. The number of hydrogen-bond acceptors (Lipinski definition) is 5. The van der Waals surface area contributed by atoms with Crippen molar-refractivity contribution >= 4 is 29.1 Å². The van der Waals surface area contributed by atoms with E-state index in [1.54, 1.807) is 48.5 Å². The largest absolute Gasteiger partial charge is 0.376 e. The van der Waals surface area contributed by atoms with Crippen LogP contribution in [-0.4, -0.2) is 43.5 Å². The quantitative estimate of drug-likeness (QED) is 0.350. The Bertz CT molecular complexity index is 1180. The fourth-order valence-corrected chi connectivity index (χ4v) is 3.86. The Hall–Kier alpha value is -4.17. The summed E-state index contributed by atoms with van der Waals surface area (Å²) in [5, 5.41) is 11.6. The van der Waals surface area contributed by atoms with E-state index < -0.39 is 0 Å². The lowest BCUT2D eigenvalue weighted by atomic mass is 10.1. The summed E-state index contributed by atoms with van der Waals surface area (Å²) in [4.78, 5) is 37.2. The summed E-state index contributed by atoms with van der Waals surface area (Å²) in [6.45, 7) is 1.71. The number of rotatable bonds is 10. The number of amides is 3. The van der Waals surface area contributed by atoms with E-state index in [4.69, 9.17) is 4.74 Å². The number of carbonyl (C=O) groups excluding carboxylic acids is 3. The minimum Gasteiger partial charge on any atom is -0.376 e. The van der Waals surface area contributed by atoms with E-state index in [1.807, 2.05) is 30.3 Å². The second-order valence-electron chi connectivity index (χ2n) is 8.57. The summed E-state index contributed by atoms with van der Waals surface area (Å²) in [6.07, 6.45) is 2.06. The first-order valence-corrected chi connectivity index (χ1v) is 12.0. The lowest BCUT2D eigenvalue weighted by molar-refractivity contribution is -0.114. The molecule has 1 heterocycles. The molecular weight excluding hydrogens is 456 g/mol. The standard InChI is InChI=1S/C28H30N4O4/c33-26(19-29-24-9-4-8-22(16-24)28(35)31-18-25-10-5-15-36-25)32-23-13-11-21(12-14-23)27(34)30-17-20-6-2-1-3-7-20/h1-4,6-9,11-14,16,25,29H,5,10,15,17-19H2,(H,30,34)(H,31,35)(H,32,33). The zero-order valence-corrected chi connectivity index (χ0v) is 20.0. The van der Waals surface area contributed by atoms with E-state index in [2.05, 4.69) is 21.3 Å². The van der Waals surface area contributed by atoms with Crippen LogP contribution in [0.1, 0.15) is 39.1 Å². The Labute approximate surface area is 210 Å². The summed E-state index contributed by atoms with van der Waals surface area (Å²) < 4.78 is 5.53. The van der Waals surface area contributed by atoms with Crippen LogP contribution in [0.15, 0.2) is 78.9 Å². The Morgan fingerprint density at radius 1 is 0.806 bits per heavy atom. The highest BCUT2D eigenvalue weighted by molar-refractivity contribution is 5.97. The SMILES string of the molecule is O=C(CNc1cccc(C(=O)NCC2CCCO2)c1)Nc1ccc(C(=O)NCc2ccccc2)cc1. The van der Waals surface area contributed by atoms with Gasteiger partial charge in [0.15, 0.2) is 0 Å². The number of hydrogen-bond donors (Lipinski definition) is 4. The molecule has 1 aliphatic rings. The van der Waals surface area contributed by atoms with E-state index in [1.165, 1.54) is 0 Å². The molecule has 0 aliphatic carbocycles. The fraction of sp³-hybridized carbons (Fsp3) is 0.250. The van der Waals surface area contributed by atoms with Crippen LogP contribution in [0.4, 0.5) is 11.4 Å². The van der Waals surface area contributed by atoms with Gasteiger partial charge in [-0.25, -0.2) is 0 Å². The van der Waals surface area contributed by atoms with Gasteiger partial charge in [-0.15, -0.1) is 0 Å². The minimum atomic E-state index is -0.246. The molecule has 0 spiro atoms. The Balaban J connectivity index is 1.21. The zero-order valence-electron chi connectivity index (χ0n) is 20.0. The van der Waals surface area contributed by atoms with E-state index in [0.29, 0.717) is 35.6 Å². The molecule has 1 atom stereocenters. The van der Waals surface area contributed by atoms with Gasteiger partial charge in [0.1, 0.15) is 0 Å². The first-order valence-electron chi connectivity index (χ1n) is 12.0. The van der Waals surface area contributed by atoms with Gasteiger partial charge in [-0.1, -0.05) is 36.4 Å². The van der Waals surface area contributed by atoms with Crippen LogP contribution in [0.2, 0.25) is 0 Å². The molecular formula is C28H30N4O4. The topological polar surface area (TPSA) is 109 Å². The molecule has 1 fully saturated rings. The molecule has 1 aliphatic heterocycles. The van der Waals surface area contributed by atoms with Crippen LogP contribution in [0.3, 0.4) is 0 Å². The number of benzene rings is 3. The molecule has 0 aromatic heterocycles. The van der Waals surface area contributed by atoms with Gasteiger partial charge in [-0.3, -0.25) is 14.4 Å². The van der Waals surface area contributed by atoms with Crippen molar-refractivity contribution in [2.45, 2.75) is 25.5 Å². The van der Waals surface area contributed by atoms with Gasteiger partial charge < -0.3 is 26.0 Å². The predicted molar refractivity (Wildman–Crippen MR) is 139 cm³/mol. The molecule has 3 aromatic rings. The molecule has 4 rings (SSSR count). The Morgan fingerprint density at radius 3 is 2.33 bits per heavy atom. The van der Waals surface area contributed by atoms with Crippen molar-refractivity contribution in [2.24, 2.45) is 0 Å². The lowest BCUT2D eigenvalue weighted by Gasteiger charge is -2.12. The van der Waals surface area contributed by atoms with Gasteiger partial charge >= 0.3 is 0 Å². The van der Waals surface area contributed by atoms with Crippen LogP contribution in [0.5, 0.6) is 0 Å². The first kappa shape index (κ1) is 24.9. The van der Waals surface area contributed by atoms with Crippen LogP contribution < -0.4 is 21.3 Å². The second-order valence-corrected chi connectivity index (χ2v) is 8.57. The van der Waals surface area contributed by atoms with Gasteiger partial charge in [-0.2, -0.15) is 0 Å². The summed E-state index contributed by atoms with van der Waals surface area (Å²) in [5.74, 6) is -0.603. The zero-order chi connectivity index (χ0) is 25.2. The van der Waals surface area contributed by atoms with Crippen molar-refractivity contribution in [3.63, 3.8) is 0 Å². The number of nitrogens with one attached hydrogen (secondary N) is 4. The van der Waals surface area contributed by atoms with Crippen molar-refractivity contribution in [3.05, 3.63) is 95.6 Å². The maximum absolute atomic E-state index is 12.4. The molecule has 0 bridgehead atoms. The molecule has 4 N–H and O–H groups in total. The molecule has 8 heteroatoms. The highest BCUT2D eigenvalue weighted by Gasteiger charge is 2.17. The van der Waals surface area contributed by atoms with Crippen molar-refractivity contribution in [2.75, 3.05) is 30.3 Å². The van der Waals surface area contributed by atoms with Crippen molar-refractivity contribution in [1.82, 2.24) is 10.6 Å². The van der Waals surface area contributed by atoms with Gasteiger partial charge in [0, 0.05) is 42.2 Å². The maximum Gasteiger partial charge on any atom is 0.251 e.